The predicted molar refractivity (Wildman–Crippen MR) is 77.1 cm³/mol. The minimum absolute atomic E-state index is 0.119. The molecule has 1 aliphatic heterocycles. The van der Waals surface area contributed by atoms with Gasteiger partial charge in [0, 0.05) is 12.0 Å². The molecule has 3 rings (SSSR count). The van der Waals surface area contributed by atoms with Gasteiger partial charge in [0.1, 0.15) is 17.6 Å². The summed E-state index contributed by atoms with van der Waals surface area (Å²) in [4.78, 5) is 0. The van der Waals surface area contributed by atoms with Crippen LogP contribution in [0.3, 0.4) is 0 Å². The van der Waals surface area contributed by atoms with Crippen LogP contribution in [-0.4, -0.2) is 12.2 Å². The first-order valence-corrected chi connectivity index (χ1v) is 6.76. The number of benzene rings is 2. The van der Waals surface area contributed by atoms with E-state index in [0.29, 0.717) is 6.42 Å². The van der Waals surface area contributed by atoms with Crippen molar-refractivity contribution < 1.29 is 14.6 Å². The topological polar surface area (TPSA) is 38.7 Å². The van der Waals surface area contributed by atoms with E-state index in [9.17, 15) is 5.11 Å². The summed E-state index contributed by atoms with van der Waals surface area (Å²) in [6.45, 7) is 2.02. The summed E-state index contributed by atoms with van der Waals surface area (Å²) in [7, 11) is 1.65. The summed E-state index contributed by atoms with van der Waals surface area (Å²) in [6, 6.07) is 13.7. The number of aliphatic hydroxyl groups is 1. The maximum absolute atomic E-state index is 10.3. The second-order valence-electron chi connectivity index (χ2n) is 5.17. The summed E-state index contributed by atoms with van der Waals surface area (Å²) < 4.78 is 11.2. The Labute approximate surface area is 118 Å². The third kappa shape index (κ3) is 2.37. The molecule has 2 aromatic rings. The Morgan fingerprint density at radius 1 is 1.15 bits per heavy atom. The summed E-state index contributed by atoms with van der Waals surface area (Å²) in [5.41, 5.74) is 3.07. The monoisotopic (exact) mass is 270 g/mol. The van der Waals surface area contributed by atoms with Gasteiger partial charge in [-0.2, -0.15) is 0 Å². The zero-order chi connectivity index (χ0) is 14.1. The average molecular weight is 270 g/mol. The van der Waals surface area contributed by atoms with Crippen molar-refractivity contribution in [1.82, 2.24) is 0 Å². The van der Waals surface area contributed by atoms with E-state index in [1.54, 1.807) is 7.11 Å². The summed E-state index contributed by atoms with van der Waals surface area (Å²) in [5, 5.41) is 10.3. The smallest absolute Gasteiger partial charge is 0.127 e. The summed E-state index contributed by atoms with van der Waals surface area (Å²) >= 11 is 0. The maximum atomic E-state index is 10.3. The van der Waals surface area contributed by atoms with Crippen molar-refractivity contribution in [3.05, 3.63) is 59.2 Å². The number of ether oxygens (including phenoxy) is 2. The number of aliphatic hydroxyl groups excluding tert-OH is 1. The lowest BCUT2D eigenvalue weighted by Crippen LogP contribution is -2.19. The third-order valence-corrected chi connectivity index (χ3v) is 3.72. The molecule has 0 aromatic heterocycles. The first kappa shape index (κ1) is 13.0. The SMILES string of the molecule is COc1ccc([C@H]2C[C@@H](O)c3cc(C)ccc3O2)cc1. The van der Waals surface area contributed by atoms with E-state index in [4.69, 9.17) is 9.47 Å². The van der Waals surface area contributed by atoms with Crippen LogP contribution < -0.4 is 9.47 Å². The Morgan fingerprint density at radius 3 is 2.60 bits per heavy atom. The molecule has 1 N–H and O–H groups in total. The number of hydrogen-bond acceptors (Lipinski definition) is 3. The van der Waals surface area contributed by atoms with Crippen LogP contribution in [0.2, 0.25) is 0 Å². The van der Waals surface area contributed by atoms with Crippen molar-refractivity contribution in [2.24, 2.45) is 0 Å². The van der Waals surface area contributed by atoms with E-state index in [0.717, 1.165) is 28.2 Å². The third-order valence-electron chi connectivity index (χ3n) is 3.72. The molecule has 2 aromatic carbocycles. The largest absolute Gasteiger partial charge is 0.497 e. The molecule has 3 nitrogen and oxygen atoms in total. The van der Waals surface area contributed by atoms with Crippen molar-refractivity contribution in [3.63, 3.8) is 0 Å². The molecule has 0 aliphatic carbocycles. The molecule has 0 radical (unpaired) electrons. The van der Waals surface area contributed by atoms with Crippen LogP contribution in [0.4, 0.5) is 0 Å². The van der Waals surface area contributed by atoms with Crippen molar-refractivity contribution in [2.45, 2.75) is 25.6 Å². The first-order valence-electron chi connectivity index (χ1n) is 6.76. The highest BCUT2D eigenvalue weighted by Crippen LogP contribution is 2.41. The van der Waals surface area contributed by atoms with Gasteiger partial charge in [-0.15, -0.1) is 0 Å². The quantitative estimate of drug-likeness (QED) is 0.906. The van der Waals surface area contributed by atoms with Gasteiger partial charge in [0.15, 0.2) is 0 Å². The number of rotatable bonds is 2. The normalized spacial score (nSPS) is 20.9. The van der Waals surface area contributed by atoms with Crippen molar-refractivity contribution in [3.8, 4) is 11.5 Å². The Hall–Kier alpha value is -2.00. The Bertz CT molecular complexity index is 604. The summed E-state index contributed by atoms with van der Waals surface area (Å²) in [6.07, 6.45) is -0.0279. The van der Waals surface area contributed by atoms with Gasteiger partial charge >= 0.3 is 0 Å². The second kappa shape index (κ2) is 5.17. The zero-order valence-corrected chi connectivity index (χ0v) is 11.7. The van der Waals surface area contributed by atoms with Crippen LogP contribution >= 0.6 is 0 Å². The molecule has 1 aliphatic rings. The van der Waals surface area contributed by atoms with Crippen LogP contribution in [0.15, 0.2) is 42.5 Å². The lowest BCUT2D eigenvalue weighted by molar-refractivity contribution is 0.0656. The molecule has 2 atom stereocenters. The molecule has 20 heavy (non-hydrogen) atoms. The van der Waals surface area contributed by atoms with Crippen LogP contribution in [0.5, 0.6) is 11.5 Å². The molecule has 0 bridgehead atoms. The second-order valence-corrected chi connectivity index (χ2v) is 5.17. The molecular formula is C17H18O3. The lowest BCUT2D eigenvalue weighted by atomic mass is 9.94. The molecule has 3 heteroatoms. The molecule has 0 saturated heterocycles. The average Bonchev–Trinajstić information content (AvgIpc) is 2.48. The van der Waals surface area contributed by atoms with Gasteiger partial charge in [-0.05, 0) is 36.8 Å². The van der Waals surface area contributed by atoms with Crippen molar-refractivity contribution >= 4 is 0 Å². The minimum Gasteiger partial charge on any atom is -0.497 e. The minimum atomic E-state index is -0.481. The molecule has 0 saturated carbocycles. The van der Waals surface area contributed by atoms with E-state index in [2.05, 4.69) is 0 Å². The van der Waals surface area contributed by atoms with Gasteiger partial charge in [-0.3, -0.25) is 0 Å². The van der Waals surface area contributed by atoms with Crippen molar-refractivity contribution in [2.75, 3.05) is 7.11 Å². The maximum Gasteiger partial charge on any atom is 0.127 e. The van der Waals surface area contributed by atoms with E-state index in [-0.39, 0.29) is 6.10 Å². The van der Waals surface area contributed by atoms with Gasteiger partial charge in [0.05, 0.1) is 13.2 Å². The first-order chi connectivity index (χ1) is 9.67. The van der Waals surface area contributed by atoms with Crippen LogP contribution in [0.1, 0.15) is 35.3 Å². The molecule has 0 amide bonds. The predicted octanol–water partition coefficient (Wildman–Crippen LogP) is 3.56. The van der Waals surface area contributed by atoms with E-state index >= 15 is 0 Å². The van der Waals surface area contributed by atoms with Gasteiger partial charge in [-0.25, -0.2) is 0 Å². The van der Waals surface area contributed by atoms with E-state index in [1.165, 1.54) is 0 Å². The number of methoxy groups -OCH3 is 1. The fourth-order valence-corrected chi connectivity index (χ4v) is 2.59. The van der Waals surface area contributed by atoms with E-state index in [1.807, 2.05) is 49.4 Å². The Kier molecular flexibility index (Phi) is 3.36. The highest BCUT2D eigenvalue weighted by Gasteiger charge is 2.27. The fraction of sp³-hybridized carbons (Fsp3) is 0.294. The molecule has 1 heterocycles. The van der Waals surface area contributed by atoms with Crippen LogP contribution in [0.25, 0.3) is 0 Å². The van der Waals surface area contributed by atoms with Gasteiger partial charge in [0.2, 0.25) is 0 Å². The number of hydrogen-bond donors (Lipinski definition) is 1. The van der Waals surface area contributed by atoms with Crippen LogP contribution in [0, 0.1) is 6.92 Å². The summed E-state index contributed by atoms with van der Waals surface area (Å²) in [5.74, 6) is 1.59. The number of aryl methyl sites for hydroxylation is 1. The molecule has 0 spiro atoms. The Balaban J connectivity index is 1.88. The number of fused-ring (bicyclic) bond motifs is 1. The highest BCUT2D eigenvalue weighted by molar-refractivity contribution is 5.41. The Morgan fingerprint density at radius 2 is 1.90 bits per heavy atom. The zero-order valence-electron chi connectivity index (χ0n) is 11.7. The van der Waals surface area contributed by atoms with Gasteiger partial charge in [0.25, 0.3) is 0 Å². The molecular weight excluding hydrogens is 252 g/mol. The molecule has 104 valence electrons. The van der Waals surface area contributed by atoms with E-state index < -0.39 is 6.10 Å². The molecule has 0 fully saturated rings. The van der Waals surface area contributed by atoms with Gasteiger partial charge < -0.3 is 14.6 Å². The molecule has 0 unspecified atom stereocenters. The highest BCUT2D eigenvalue weighted by atomic mass is 16.5. The fourth-order valence-electron chi connectivity index (χ4n) is 2.59. The van der Waals surface area contributed by atoms with Crippen LogP contribution in [-0.2, 0) is 0 Å². The van der Waals surface area contributed by atoms with Gasteiger partial charge in [-0.1, -0.05) is 23.8 Å². The lowest BCUT2D eigenvalue weighted by Gasteiger charge is -2.30. The standard InChI is InChI=1S/C17H18O3/c1-11-3-8-16-14(9-11)15(18)10-17(20-16)12-4-6-13(19-2)7-5-12/h3-9,15,17-18H,10H2,1-2H3/t15-,17-/m1/s1. The van der Waals surface area contributed by atoms with Crippen molar-refractivity contribution in [1.29, 1.82) is 0 Å².